The van der Waals surface area contributed by atoms with Crippen molar-refractivity contribution >= 4 is 45.3 Å². The number of halogens is 2. The van der Waals surface area contributed by atoms with Gasteiger partial charge in [0.05, 0.1) is 5.56 Å². The second-order valence-corrected chi connectivity index (χ2v) is 6.44. The van der Waals surface area contributed by atoms with E-state index < -0.39 is 5.91 Å². The SMILES string of the molecule is Cc1ccc(/C=C/C(=O)c2cc(Br)ccc2OCC(N)=O)c(Cl)c1. The molecular formula is C18H15BrClNO3. The Morgan fingerprint density at radius 1 is 1.25 bits per heavy atom. The van der Waals surface area contributed by atoms with E-state index in [1.165, 1.54) is 6.08 Å². The van der Waals surface area contributed by atoms with Gasteiger partial charge in [-0.15, -0.1) is 0 Å². The molecule has 2 aromatic carbocycles. The molecule has 0 radical (unpaired) electrons. The van der Waals surface area contributed by atoms with E-state index in [0.717, 1.165) is 15.6 Å². The Balaban J connectivity index is 2.26. The van der Waals surface area contributed by atoms with E-state index in [0.29, 0.717) is 16.3 Å². The quantitative estimate of drug-likeness (QED) is 0.576. The van der Waals surface area contributed by atoms with Gasteiger partial charge in [-0.25, -0.2) is 0 Å². The Morgan fingerprint density at radius 3 is 2.67 bits per heavy atom. The molecule has 2 N–H and O–H groups in total. The van der Waals surface area contributed by atoms with Crippen LogP contribution in [0.25, 0.3) is 6.08 Å². The van der Waals surface area contributed by atoms with Crippen LogP contribution in [0.4, 0.5) is 0 Å². The Hall–Kier alpha value is -2.11. The zero-order valence-corrected chi connectivity index (χ0v) is 15.2. The summed E-state index contributed by atoms with van der Waals surface area (Å²) in [6.07, 6.45) is 3.05. The summed E-state index contributed by atoms with van der Waals surface area (Å²) in [5, 5.41) is 0.568. The van der Waals surface area contributed by atoms with Crippen molar-refractivity contribution in [2.75, 3.05) is 6.61 Å². The molecule has 6 heteroatoms. The molecule has 0 unspecified atom stereocenters. The molecule has 0 fully saturated rings. The number of rotatable bonds is 6. The van der Waals surface area contributed by atoms with Gasteiger partial charge in [0.15, 0.2) is 12.4 Å². The molecule has 0 saturated carbocycles. The second-order valence-electron chi connectivity index (χ2n) is 5.12. The molecular weight excluding hydrogens is 394 g/mol. The number of hydrogen-bond donors (Lipinski definition) is 1. The first-order valence-corrected chi connectivity index (χ1v) is 8.23. The summed E-state index contributed by atoms with van der Waals surface area (Å²) in [4.78, 5) is 23.3. The summed E-state index contributed by atoms with van der Waals surface area (Å²) in [7, 11) is 0. The fourth-order valence-corrected chi connectivity index (χ4v) is 2.65. The smallest absolute Gasteiger partial charge is 0.255 e. The predicted octanol–water partition coefficient (Wildman–Crippen LogP) is 4.17. The number of ether oxygens (including phenoxy) is 1. The molecule has 0 aliphatic heterocycles. The van der Waals surface area contributed by atoms with Crippen LogP contribution in [-0.4, -0.2) is 18.3 Å². The lowest BCUT2D eigenvalue weighted by Gasteiger charge is -2.08. The highest BCUT2D eigenvalue weighted by atomic mass is 79.9. The summed E-state index contributed by atoms with van der Waals surface area (Å²) in [6.45, 7) is 1.64. The van der Waals surface area contributed by atoms with E-state index in [4.69, 9.17) is 22.1 Å². The molecule has 4 nitrogen and oxygen atoms in total. The molecule has 0 aliphatic carbocycles. The number of primary amides is 1. The zero-order valence-electron chi connectivity index (χ0n) is 12.9. The van der Waals surface area contributed by atoms with Gasteiger partial charge in [0.25, 0.3) is 5.91 Å². The third-order valence-electron chi connectivity index (χ3n) is 3.15. The van der Waals surface area contributed by atoms with E-state index in [-0.39, 0.29) is 12.4 Å². The van der Waals surface area contributed by atoms with Crippen molar-refractivity contribution in [1.82, 2.24) is 0 Å². The second kappa shape index (κ2) is 8.13. The lowest BCUT2D eigenvalue weighted by molar-refractivity contribution is -0.119. The average Bonchev–Trinajstić information content (AvgIpc) is 2.52. The molecule has 0 aliphatic rings. The summed E-state index contributed by atoms with van der Waals surface area (Å²) in [5.74, 6) is -0.590. The number of ketones is 1. The molecule has 0 aromatic heterocycles. The van der Waals surface area contributed by atoms with E-state index >= 15 is 0 Å². The molecule has 0 bridgehead atoms. The molecule has 1 amide bonds. The van der Waals surface area contributed by atoms with E-state index in [2.05, 4.69) is 15.9 Å². The Kier molecular flexibility index (Phi) is 6.17. The van der Waals surface area contributed by atoms with Crippen LogP contribution in [0.1, 0.15) is 21.5 Å². The molecule has 2 aromatic rings. The number of allylic oxidation sites excluding steroid dienone is 1. The highest BCUT2D eigenvalue weighted by molar-refractivity contribution is 9.10. The topological polar surface area (TPSA) is 69.4 Å². The van der Waals surface area contributed by atoms with Gasteiger partial charge in [-0.2, -0.15) is 0 Å². The monoisotopic (exact) mass is 407 g/mol. The van der Waals surface area contributed by atoms with Crippen molar-refractivity contribution in [1.29, 1.82) is 0 Å². The number of benzene rings is 2. The molecule has 24 heavy (non-hydrogen) atoms. The first-order valence-electron chi connectivity index (χ1n) is 7.06. The minimum Gasteiger partial charge on any atom is -0.483 e. The van der Waals surface area contributed by atoms with Crippen LogP contribution in [-0.2, 0) is 4.79 Å². The van der Waals surface area contributed by atoms with Gasteiger partial charge in [-0.1, -0.05) is 39.7 Å². The van der Waals surface area contributed by atoms with Crippen molar-refractivity contribution in [3.05, 3.63) is 68.7 Å². The lowest BCUT2D eigenvalue weighted by atomic mass is 10.1. The van der Waals surface area contributed by atoms with Crippen LogP contribution >= 0.6 is 27.5 Å². The minimum absolute atomic E-state index is 0.271. The number of hydrogen-bond acceptors (Lipinski definition) is 3. The number of amides is 1. The first-order chi connectivity index (χ1) is 11.4. The maximum absolute atomic E-state index is 12.5. The highest BCUT2D eigenvalue weighted by Gasteiger charge is 2.12. The largest absolute Gasteiger partial charge is 0.483 e. The van der Waals surface area contributed by atoms with Gasteiger partial charge in [-0.3, -0.25) is 9.59 Å². The molecule has 0 saturated heterocycles. The van der Waals surface area contributed by atoms with Crippen molar-refractivity contribution in [3.63, 3.8) is 0 Å². The van der Waals surface area contributed by atoms with Gasteiger partial charge in [-0.05, 0) is 54.5 Å². The van der Waals surface area contributed by atoms with E-state index in [1.54, 1.807) is 24.3 Å². The van der Waals surface area contributed by atoms with Gasteiger partial charge >= 0.3 is 0 Å². The highest BCUT2D eigenvalue weighted by Crippen LogP contribution is 2.25. The van der Waals surface area contributed by atoms with Crippen molar-refractivity contribution in [2.24, 2.45) is 5.73 Å². The molecule has 2 rings (SSSR count). The van der Waals surface area contributed by atoms with Crippen LogP contribution < -0.4 is 10.5 Å². The third-order valence-corrected chi connectivity index (χ3v) is 3.97. The Morgan fingerprint density at radius 2 is 2.00 bits per heavy atom. The van der Waals surface area contributed by atoms with Crippen molar-refractivity contribution in [3.8, 4) is 5.75 Å². The minimum atomic E-state index is -0.613. The fourth-order valence-electron chi connectivity index (χ4n) is 1.99. The van der Waals surface area contributed by atoms with Gasteiger partial charge in [0.1, 0.15) is 5.75 Å². The lowest BCUT2D eigenvalue weighted by Crippen LogP contribution is -2.20. The Labute approximate surface area is 153 Å². The summed E-state index contributed by atoms with van der Waals surface area (Å²) >= 11 is 9.47. The van der Waals surface area contributed by atoms with Gasteiger partial charge in [0, 0.05) is 9.50 Å². The van der Waals surface area contributed by atoms with Crippen molar-refractivity contribution in [2.45, 2.75) is 6.92 Å². The van der Waals surface area contributed by atoms with Crippen LogP contribution in [0.3, 0.4) is 0 Å². The number of aryl methyl sites for hydroxylation is 1. The van der Waals surface area contributed by atoms with Crippen molar-refractivity contribution < 1.29 is 14.3 Å². The summed E-state index contributed by atoms with van der Waals surface area (Å²) in [5.41, 5.74) is 7.18. The standard InChI is InChI=1S/C18H15BrClNO3/c1-11-2-3-12(15(20)8-11)4-6-16(22)14-9-13(19)5-7-17(14)24-10-18(21)23/h2-9H,10H2,1H3,(H2,21,23)/b6-4+. The number of nitrogens with two attached hydrogens (primary N) is 1. The molecule has 0 heterocycles. The maximum atomic E-state index is 12.5. The summed E-state index contributed by atoms with van der Waals surface area (Å²) in [6, 6.07) is 10.5. The number of carbonyl (C=O) groups is 2. The molecule has 124 valence electrons. The van der Waals surface area contributed by atoms with Crippen LogP contribution in [0.2, 0.25) is 5.02 Å². The molecule has 0 spiro atoms. The normalized spacial score (nSPS) is 10.8. The predicted molar refractivity (Wildman–Crippen MR) is 98.4 cm³/mol. The van der Waals surface area contributed by atoms with E-state index in [9.17, 15) is 9.59 Å². The van der Waals surface area contributed by atoms with Gasteiger partial charge in [0.2, 0.25) is 0 Å². The summed E-state index contributed by atoms with van der Waals surface area (Å²) < 4.78 is 6.01. The van der Waals surface area contributed by atoms with Crippen LogP contribution in [0.15, 0.2) is 46.9 Å². The number of carbonyl (C=O) groups excluding carboxylic acids is 2. The molecule has 0 atom stereocenters. The Bertz CT molecular complexity index is 818. The first kappa shape index (κ1) is 18.2. The van der Waals surface area contributed by atoms with E-state index in [1.807, 2.05) is 25.1 Å². The fraction of sp³-hybridized carbons (Fsp3) is 0.111. The van der Waals surface area contributed by atoms with Gasteiger partial charge < -0.3 is 10.5 Å². The maximum Gasteiger partial charge on any atom is 0.255 e. The van der Waals surface area contributed by atoms with Crippen LogP contribution in [0, 0.1) is 6.92 Å². The zero-order chi connectivity index (χ0) is 17.7. The van der Waals surface area contributed by atoms with Crippen LogP contribution in [0.5, 0.6) is 5.75 Å². The third kappa shape index (κ3) is 4.94. The average molecular weight is 409 g/mol.